The van der Waals surface area contributed by atoms with Gasteiger partial charge in [0, 0.05) is 19.5 Å². The summed E-state index contributed by atoms with van der Waals surface area (Å²) >= 11 is 13.6. The Morgan fingerprint density at radius 2 is 1.73 bits per heavy atom. The summed E-state index contributed by atoms with van der Waals surface area (Å²) in [5, 5.41) is 0.0570. The third-order valence-corrected chi connectivity index (χ3v) is 6.81. The Kier molecular flexibility index (Phi) is 7.38. The summed E-state index contributed by atoms with van der Waals surface area (Å²) in [5.41, 5.74) is 1.61. The van der Waals surface area contributed by atoms with Gasteiger partial charge in [0.25, 0.3) is 11.1 Å². The molecule has 3 aromatic rings. The highest BCUT2D eigenvalue weighted by atomic mass is 79.9. The monoisotopic (exact) mass is 605 g/mol. The van der Waals surface area contributed by atoms with Gasteiger partial charge >= 0.3 is 5.97 Å². The van der Waals surface area contributed by atoms with E-state index in [9.17, 15) is 14.4 Å². The van der Waals surface area contributed by atoms with Crippen LogP contribution in [-0.4, -0.2) is 22.0 Å². The van der Waals surface area contributed by atoms with Crippen LogP contribution in [0.5, 0.6) is 5.75 Å². The number of rotatable bonds is 5. The van der Waals surface area contributed by atoms with Gasteiger partial charge in [0.1, 0.15) is 5.75 Å². The molecule has 1 saturated heterocycles. The normalized spacial score (nSPS) is 14.8. The second-order valence-corrected chi connectivity index (χ2v) is 10.2. The van der Waals surface area contributed by atoms with Crippen LogP contribution in [0.3, 0.4) is 0 Å². The zero-order valence-corrected chi connectivity index (χ0v) is 21.5. The number of benzene rings is 3. The zero-order chi connectivity index (χ0) is 23.5. The van der Waals surface area contributed by atoms with Crippen molar-refractivity contribution < 1.29 is 19.1 Å². The summed E-state index contributed by atoms with van der Waals surface area (Å²) in [6.45, 7) is 0.171. The number of ether oxygens (including phenoxy) is 1. The molecule has 9 heteroatoms. The third-order valence-electron chi connectivity index (χ3n) is 4.65. The van der Waals surface area contributed by atoms with Crippen LogP contribution in [-0.2, 0) is 11.3 Å². The number of thioether (sulfide) groups is 1. The molecule has 2 amide bonds. The molecule has 4 rings (SSSR count). The highest BCUT2D eigenvalue weighted by Gasteiger charge is 2.35. The Morgan fingerprint density at radius 1 is 1.00 bits per heavy atom. The summed E-state index contributed by atoms with van der Waals surface area (Å²) < 4.78 is 7.20. The quantitative estimate of drug-likeness (QED) is 0.173. The SMILES string of the molecule is O=C(Oc1ccc(Br)cc1/C=C1\SC(=O)N(Cc2ccc(Br)cc2)C1=O)c1cccc(Cl)c1. The fourth-order valence-electron chi connectivity index (χ4n) is 3.05. The van der Waals surface area contributed by atoms with Gasteiger partial charge in [-0.2, -0.15) is 0 Å². The predicted molar refractivity (Wildman–Crippen MR) is 136 cm³/mol. The van der Waals surface area contributed by atoms with Crippen molar-refractivity contribution >= 4 is 78.4 Å². The number of carbonyl (C=O) groups excluding carboxylic acids is 3. The van der Waals surface area contributed by atoms with E-state index in [-0.39, 0.29) is 22.4 Å². The maximum Gasteiger partial charge on any atom is 0.343 e. The summed E-state index contributed by atoms with van der Waals surface area (Å²) in [7, 11) is 0. The Labute approximate surface area is 216 Å². The lowest BCUT2D eigenvalue weighted by atomic mass is 10.1. The first-order chi connectivity index (χ1) is 15.8. The molecule has 0 aromatic heterocycles. The number of nitrogens with zero attached hydrogens (tertiary/aromatic N) is 1. The van der Waals surface area contributed by atoms with Crippen molar-refractivity contribution in [1.82, 2.24) is 4.90 Å². The van der Waals surface area contributed by atoms with Crippen LogP contribution in [0.25, 0.3) is 6.08 Å². The van der Waals surface area contributed by atoms with E-state index in [4.69, 9.17) is 16.3 Å². The Balaban J connectivity index is 1.58. The maximum absolute atomic E-state index is 12.9. The molecule has 0 bridgehead atoms. The molecule has 0 saturated carbocycles. The molecule has 0 radical (unpaired) electrons. The van der Waals surface area contributed by atoms with Gasteiger partial charge in [0.05, 0.1) is 17.0 Å². The van der Waals surface area contributed by atoms with E-state index in [2.05, 4.69) is 31.9 Å². The van der Waals surface area contributed by atoms with Crippen molar-refractivity contribution in [2.45, 2.75) is 6.54 Å². The molecule has 1 fully saturated rings. The molecule has 1 heterocycles. The van der Waals surface area contributed by atoms with E-state index in [1.54, 1.807) is 42.5 Å². The van der Waals surface area contributed by atoms with Crippen molar-refractivity contribution in [2.24, 2.45) is 0 Å². The average Bonchev–Trinajstić information content (AvgIpc) is 3.04. The molecule has 0 atom stereocenters. The topological polar surface area (TPSA) is 63.7 Å². The molecule has 5 nitrogen and oxygen atoms in total. The molecule has 0 N–H and O–H groups in total. The van der Waals surface area contributed by atoms with E-state index >= 15 is 0 Å². The van der Waals surface area contributed by atoms with E-state index in [1.165, 1.54) is 11.0 Å². The Hall–Kier alpha value is -2.39. The van der Waals surface area contributed by atoms with Crippen LogP contribution in [0, 0.1) is 0 Å². The highest BCUT2D eigenvalue weighted by molar-refractivity contribution is 9.10. The van der Waals surface area contributed by atoms with Gasteiger partial charge in [0.2, 0.25) is 0 Å². The molecule has 1 aliphatic rings. The average molecular weight is 608 g/mol. The second kappa shape index (κ2) is 10.3. The standard InChI is InChI=1S/C24H14Br2ClNO4S/c25-17-6-4-14(5-7-17)13-28-22(29)21(33-24(28)31)12-16-10-18(26)8-9-20(16)32-23(30)15-2-1-3-19(27)11-15/h1-12H,13H2/b21-12-. The number of carbonyl (C=O) groups is 3. The van der Waals surface area contributed by atoms with Gasteiger partial charge in [-0.1, -0.05) is 61.7 Å². The Bertz CT molecular complexity index is 1290. The Morgan fingerprint density at radius 3 is 2.45 bits per heavy atom. The van der Waals surface area contributed by atoms with E-state index in [0.29, 0.717) is 16.1 Å². The van der Waals surface area contributed by atoms with Crippen LogP contribution >= 0.6 is 55.2 Å². The van der Waals surface area contributed by atoms with Gasteiger partial charge in [-0.15, -0.1) is 0 Å². The molecule has 1 aliphatic heterocycles. The molecule has 33 heavy (non-hydrogen) atoms. The minimum atomic E-state index is -0.585. The van der Waals surface area contributed by atoms with Crippen LogP contribution < -0.4 is 4.74 Å². The number of amides is 2. The lowest BCUT2D eigenvalue weighted by Crippen LogP contribution is -2.27. The number of hydrogen-bond acceptors (Lipinski definition) is 5. The molecule has 0 aliphatic carbocycles. The number of imide groups is 1. The lowest BCUT2D eigenvalue weighted by Gasteiger charge is -2.12. The van der Waals surface area contributed by atoms with Crippen LogP contribution in [0.15, 0.2) is 80.6 Å². The number of hydrogen-bond donors (Lipinski definition) is 0. The van der Waals surface area contributed by atoms with Crippen LogP contribution in [0.4, 0.5) is 4.79 Å². The molecular formula is C24H14Br2ClNO4S. The first-order valence-corrected chi connectivity index (χ1v) is 12.4. The number of esters is 1. The van der Waals surface area contributed by atoms with Gasteiger partial charge < -0.3 is 4.74 Å². The largest absolute Gasteiger partial charge is 0.422 e. The van der Waals surface area contributed by atoms with Crippen molar-refractivity contribution in [3.63, 3.8) is 0 Å². The molecule has 0 unspecified atom stereocenters. The lowest BCUT2D eigenvalue weighted by molar-refractivity contribution is -0.123. The third kappa shape index (κ3) is 5.76. The van der Waals surface area contributed by atoms with Crippen molar-refractivity contribution in [1.29, 1.82) is 0 Å². The second-order valence-electron chi connectivity index (χ2n) is 6.98. The zero-order valence-electron chi connectivity index (χ0n) is 16.8. The molecule has 3 aromatic carbocycles. The van der Waals surface area contributed by atoms with Crippen LogP contribution in [0.1, 0.15) is 21.5 Å². The summed E-state index contributed by atoms with van der Waals surface area (Å²) in [4.78, 5) is 39.5. The van der Waals surface area contributed by atoms with E-state index in [0.717, 1.165) is 26.3 Å². The summed E-state index contributed by atoms with van der Waals surface area (Å²) in [6.07, 6.45) is 1.55. The minimum Gasteiger partial charge on any atom is -0.422 e. The number of halogens is 3. The summed E-state index contributed by atoms with van der Waals surface area (Å²) in [6, 6.07) is 18.9. The smallest absolute Gasteiger partial charge is 0.343 e. The summed E-state index contributed by atoms with van der Waals surface area (Å²) in [5.74, 6) is -0.735. The fourth-order valence-corrected chi connectivity index (χ4v) is 4.71. The first kappa shape index (κ1) is 23.8. The predicted octanol–water partition coefficient (Wildman–Crippen LogP) is 7.32. The van der Waals surface area contributed by atoms with Gasteiger partial charge in [0.15, 0.2) is 0 Å². The molecule has 0 spiro atoms. The molecular weight excluding hydrogens is 594 g/mol. The molecule has 166 valence electrons. The minimum absolute atomic E-state index is 0.171. The van der Waals surface area contributed by atoms with E-state index in [1.807, 2.05) is 24.3 Å². The highest BCUT2D eigenvalue weighted by Crippen LogP contribution is 2.36. The van der Waals surface area contributed by atoms with E-state index < -0.39 is 11.9 Å². The van der Waals surface area contributed by atoms with Gasteiger partial charge in [-0.3, -0.25) is 14.5 Å². The van der Waals surface area contributed by atoms with Gasteiger partial charge in [-0.05, 0) is 71.9 Å². The first-order valence-electron chi connectivity index (χ1n) is 9.57. The van der Waals surface area contributed by atoms with Gasteiger partial charge in [-0.25, -0.2) is 4.79 Å². The van der Waals surface area contributed by atoms with Crippen molar-refractivity contribution in [3.05, 3.63) is 102 Å². The fraction of sp³-hybridized carbons (Fsp3) is 0.0417. The van der Waals surface area contributed by atoms with Crippen molar-refractivity contribution in [3.8, 4) is 5.75 Å². The van der Waals surface area contributed by atoms with Crippen LogP contribution in [0.2, 0.25) is 5.02 Å². The maximum atomic E-state index is 12.9. The van der Waals surface area contributed by atoms with Crippen molar-refractivity contribution in [2.75, 3.05) is 0 Å².